The van der Waals surface area contributed by atoms with Crippen molar-refractivity contribution in [3.8, 4) is 0 Å². The number of rotatable bonds is 4. The molecule has 0 aliphatic carbocycles. The Morgan fingerprint density at radius 3 is 2.55 bits per heavy atom. The largest absolute Gasteiger partial charge is 0.390 e. The van der Waals surface area contributed by atoms with Crippen LogP contribution in [0.3, 0.4) is 0 Å². The van der Waals surface area contributed by atoms with E-state index in [0.29, 0.717) is 25.9 Å². The standard InChI is InChI=1S/C17H26N2O2S/c1-13-4-6-15(7-5-13)22-12-14(2)18-16(20)19-10-8-17(3,21)9-11-19/h4-7,14,21H,8-12H2,1-3H3,(H,18,20). The third-order valence-electron chi connectivity index (χ3n) is 4.02. The molecule has 1 aliphatic heterocycles. The highest BCUT2D eigenvalue weighted by Gasteiger charge is 2.29. The lowest BCUT2D eigenvalue weighted by Gasteiger charge is -2.36. The molecule has 1 atom stereocenters. The number of hydrogen-bond acceptors (Lipinski definition) is 3. The predicted octanol–water partition coefficient (Wildman–Crippen LogP) is 3.03. The highest BCUT2D eigenvalue weighted by atomic mass is 32.2. The number of urea groups is 1. The van der Waals surface area contributed by atoms with Gasteiger partial charge >= 0.3 is 6.03 Å². The summed E-state index contributed by atoms with van der Waals surface area (Å²) in [5.74, 6) is 0.848. The molecule has 1 unspecified atom stereocenters. The Hall–Kier alpha value is -1.20. The predicted molar refractivity (Wildman–Crippen MR) is 91.3 cm³/mol. The van der Waals surface area contributed by atoms with Gasteiger partial charge in [0.05, 0.1) is 5.60 Å². The van der Waals surface area contributed by atoms with Crippen LogP contribution in [0.4, 0.5) is 4.79 Å². The summed E-state index contributed by atoms with van der Waals surface area (Å²) in [5.41, 5.74) is 0.635. The zero-order valence-corrected chi connectivity index (χ0v) is 14.4. The smallest absolute Gasteiger partial charge is 0.317 e. The van der Waals surface area contributed by atoms with E-state index < -0.39 is 5.60 Å². The summed E-state index contributed by atoms with van der Waals surface area (Å²) in [6.45, 7) is 7.18. The second-order valence-electron chi connectivity index (χ2n) is 6.46. The molecule has 1 aliphatic rings. The molecule has 1 aromatic carbocycles. The molecule has 0 spiro atoms. The monoisotopic (exact) mass is 322 g/mol. The molecular formula is C17H26N2O2S. The summed E-state index contributed by atoms with van der Waals surface area (Å²) in [4.78, 5) is 15.2. The molecule has 2 rings (SSSR count). The van der Waals surface area contributed by atoms with Crippen molar-refractivity contribution in [1.82, 2.24) is 10.2 Å². The highest BCUT2D eigenvalue weighted by Crippen LogP contribution is 2.22. The molecule has 1 fully saturated rings. The van der Waals surface area contributed by atoms with Crippen molar-refractivity contribution < 1.29 is 9.90 Å². The maximum Gasteiger partial charge on any atom is 0.317 e. The SMILES string of the molecule is Cc1ccc(SCC(C)NC(=O)N2CCC(C)(O)CC2)cc1. The van der Waals surface area contributed by atoms with E-state index in [2.05, 4.69) is 36.5 Å². The molecule has 0 saturated carbocycles. The lowest BCUT2D eigenvalue weighted by Crippen LogP contribution is -2.50. The summed E-state index contributed by atoms with van der Waals surface area (Å²) in [7, 11) is 0. The first-order valence-electron chi connectivity index (χ1n) is 7.83. The number of piperidine rings is 1. The minimum Gasteiger partial charge on any atom is -0.390 e. The fourth-order valence-corrected chi connectivity index (χ4v) is 3.25. The fraction of sp³-hybridized carbons (Fsp3) is 0.588. The lowest BCUT2D eigenvalue weighted by atomic mass is 9.94. The average Bonchev–Trinajstić information content (AvgIpc) is 2.46. The zero-order valence-electron chi connectivity index (χ0n) is 13.6. The lowest BCUT2D eigenvalue weighted by molar-refractivity contribution is 0.00426. The normalized spacial score (nSPS) is 18.8. The number of carbonyl (C=O) groups is 1. The molecule has 0 radical (unpaired) electrons. The number of aryl methyl sites for hydroxylation is 1. The summed E-state index contributed by atoms with van der Waals surface area (Å²) < 4.78 is 0. The Labute approximate surface area is 137 Å². The Kier molecular flexibility index (Phi) is 5.75. The molecule has 2 N–H and O–H groups in total. The van der Waals surface area contributed by atoms with Gasteiger partial charge in [0.2, 0.25) is 0 Å². The van der Waals surface area contributed by atoms with Crippen molar-refractivity contribution in [1.29, 1.82) is 0 Å². The molecule has 122 valence electrons. The van der Waals surface area contributed by atoms with Gasteiger partial charge in [-0.1, -0.05) is 17.7 Å². The van der Waals surface area contributed by atoms with E-state index in [1.807, 2.05) is 13.8 Å². The maximum atomic E-state index is 12.2. The number of carbonyl (C=O) groups excluding carboxylic acids is 1. The molecule has 1 heterocycles. The van der Waals surface area contributed by atoms with Gasteiger partial charge < -0.3 is 15.3 Å². The number of thioether (sulfide) groups is 1. The van der Waals surface area contributed by atoms with Crippen LogP contribution in [0.1, 0.15) is 32.3 Å². The number of likely N-dealkylation sites (tertiary alicyclic amines) is 1. The summed E-state index contributed by atoms with van der Waals surface area (Å²) in [6, 6.07) is 8.52. The molecular weight excluding hydrogens is 296 g/mol. The van der Waals surface area contributed by atoms with Crippen molar-refractivity contribution in [3.05, 3.63) is 29.8 Å². The molecule has 1 aromatic rings. The van der Waals surface area contributed by atoms with Crippen molar-refractivity contribution >= 4 is 17.8 Å². The van der Waals surface area contributed by atoms with Crippen LogP contribution in [-0.2, 0) is 0 Å². The molecule has 1 saturated heterocycles. The van der Waals surface area contributed by atoms with E-state index in [4.69, 9.17) is 0 Å². The first kappa shape index (κ1) is 17.2. The Morgan fingerprint density at radius 2 is 1.95 bits per heavy atom. The van der Waals surface area contributed by atoms with Crippen LogP contribution in [0.5, 0.6) is 0 Å². The zero-order chi connectivity index (χ0) is 16.2. The number of nitrogens with zero attached hydrogens (tertiary/aromatic N) is 1. The van der Waals surface area contributed by atoms with Gasteiger partial charge in [-0.05, 0) is 45.7 Å². The first-order chi connectivity index (χ1) is 10.4. The third kappa shape index (κ3) is 5.21. The molecule has 0 aromatic heterocycles. The quantitative estimate of drug-likeness (QED) is 0.838. The number of aliphatic hydroxyl groups is 1. The number of nitrogens with one attached hydrogen (secondary N) is 1. The molecule has 2 amide bonds. The van der Waals surface area contributed by atoms with Crippen molar-refractivity contribution in [2.75, 3.05) is 18.8 Å². The number of hydrogen-bond donors (Lipinski definition) is 2. The van der Waals surface area contributed by atoms with Crippen LogP contribution in [0.2, 0.25) is 0 Å². The highest BCUT2D eigenvalue weighted by molar-refractivity contribution is 7.99. The van der Waals surface area contributed by atoms with Gasteiger partial charge in [-0.25, -0.2) is 4.79 Å². The van der Waals surface area contributed by atoms with Crippen LogP contribution < -0.4 is 5.32 Å². The van der Waals surface area contributed by atoms with Gasteiger partial charge in [0.1, 0.15) is 0 Å². The van der Waals surface area contributed by atoms with Crippen LogP contribution in [0.15, 0.2) is 29.2 Å². The topological polar surface area (TPSA) is 52.6 Å². The third-order valence-corrected chi connectivity index (χ3v) is 5.29. The van der Waals surface area contributed by atoms with Crippen LogP contribution in [-0.4, -0.2) is 46.5 Å². The van der Waals surface area contributed by atoms with Gasteiger partial charge in [0, 0.05) is 29.8 Å². The van der Waals surface area contributed by atoms with E-state index in [1.54, 1.807) is 16.7 Å². The maximum absolute atomic E-state index is 12.2. The number of amides is 2. The van der Waals surface area contributed by atoms with E-state index in [0.717, 1.165) is 5.75 Å². The summed E-state index contributed by atoms with van der Waals surface area (Å²) >= 11 is 1.75. The molecule has 4 nitrogen and oxygen atoms in total. The summed E-state index contributed by atoms with van der Waals surface area (Å²) in [5, 5.41) is 13.0. The fourth-order valence-electron chi connectivity index (χ4n) is 2.39. The second-order valence-corrected chi connectivity index (χ2v) is 7.55. The van der Waals surface area contributed by atoms with Crippen molar-refractivity contribution in [3.63, 3.8) is 0 Å². The van der Waals surface area contributed by atoms with Crippen LogP contribution in [0, 0.1) is 6.92 Å². The number of benzene rings is 1. The van der Waals surface area contributed by atoms with Crippen LogP contribution >= 0.6 is 11.8 Å². The molecule has 0 bridgehead atoms. The second kappa shape index (κ2) is 7.38. The average molecular weight is 322 g/mol. The minimum atomic E-state index is -0.621. The first-order valence-corrected chi connectivity index (χ1v) is 8.81. The Morgan fingerprint density at radius 1 is 1.36 bits per heavy atom. The van der Waals surface area contributed by atoms with Crippen LogP contribution in [0.25, 0.3) is 0 Å². The van der Waals surface area contributed by atoms with Gasteiger partial charge in [-0.15, -0.1) is 11.8 Å². The van der Waals surface area contributed by atoms with Gasteiger partial charge in [-0.2, -0.15) is 0 Å². The van der Waals surface area contributed by atoms with Crippen molar-refractivity contribution in [2.24, 2.45) is 0 Å². The van der Waals surface area contributed by atoms with E-state index in [9.17, 15) is 9.90 Å². The van der Waals surface area contributed by atoms with E-state index in [-0.39, 0.29) is 12.1 Å². The Balaban J connectivity index is 1.73. The molecule has 5 heteroatoms. The summed E-state index contributed by atoms with van der Waals surface area (Å²) in [6.07, 6.45) is 1.29. The van der Waals surface area contributed by atoms with Gasteiger partial charge in [0.25, 0.3) is 0 Å². The van der Waals surface area contributed by atoms with E-state index >= 15 is 0 Å². The van der Waals surface area contributed by atoms with Crippen molar-refractivity contribution in [2.45, 2.75) is 50.2 Å². The van der Waals surface area contributed by atoms with E-state index in [1.165, 1.54) is 10.5 Å². The molecule has 22 heavy (non-hydrogen) atoms. The Bertz CT molecular complexity index is 492. The van der Waals surface area contributed by atoms with Gasteiger partial charge in [-0.3, -0.25) is 0 Å². The minimum absolute atomic E-state index is 0.0208. The van der Waals surface area contributed by atoms with Gasteiger partial charge in [0.15, 0.2) is 0 Å².